The van der Waals surface area contributed by atoms with Crippen molar-refractivity contribution in [2.24, 2.45) is 5.16 Å². The van der Waals surface area contributed by atoms with E-state index in [1.54, 1.807) is 19.1 Å². The first-order chi connectivity index (χ1) is 10.5. The van der Waals surface area contributed by atoms with Crippen molar-refractivity contribution in [1.82, 2.24) is 10.2 Å². The monoisotopic (exact) mass is 338 g/mol. The van der Waals surface area contributed by atoms with E-state index in [1.807, 2.05) is 0 Å². The molecule has 0 saturated carbocycles. The lowest BCUT2D eigenvalue weighted by Crippen LogP contribution is -2.25. The lowest BCUT2D eigenvalue weighted by molar-refractivity contribution is -0.110. The zero-order valence-electron chi connectivity index (χ0n) is 11.4. The number of aryl methyl sites for hydroxylation is 1. The van der Waals surface area contributed by atoms with Crippen molar-refractivity contribution in [1.29, 1.82) is 0 Å². The highest BCUT2D eigenvalue weighted by Gasteiger charge is 2.19. The highest BCUT2D eigenvalue weighted by Crippen LogP contribution is 2.15. The van der Waals surface area contributed by atoms with Gasteiger partial charge in [0.05, 0.1) is 6.42 Å². The Hall–Kier alpha value is -2.32. The molecular formula is C13H11ClN4O3S. The number of anilines is 1. The number of amides is 1. The van der Waals surface area contributed by atoms with E-state index in [2.05, 4.69) is 20.7 Å². The van der Waals surface area contributed by atoms with Crippen molar-refractivity contribution in [2.45, 2.75) is 13.3 Å². The lowest BCUT2D eigenvalue weighted by atomic mass is 10.1. The number of carbonyl (C=O) groups is 2. The van der Waals surface area contributed by atoms with Crippen molar-refractivity contribution in [3.63, 3.8) is 0 Å². The van der Waals surface area contributed by atoms with E-state index in [0.717, 1.165) is 0 Å². The molecule has 0 aliphatic carbocycles. The zero-order valence-corrected chi connectivity index (χ0v) is 13.0. The quantitative estimate of drug-likeness (QED) is 0.377. The molecule has 0 aliphatic rings. The summed E-state index contributed by atoms with van der Waals surface area (Å²) >= 11 is 6.91. The Morgan fingerprint density at radius 2 is 2.00 bits per heavy atom. The minimum absolute atomic E-state index is 0.266. The van der Waals surface area contributed by atoms with Crippen LogP contribution in [0.2, 0.25) is 5.02 Å². The van der Waals surface area contributed by atoms with Crippen molar-refractivity contribution in [3.05, 3.63) is 39.9 Å². The molecule has 0 spiro atoms. The molecule has 22 heavy (non-hydrogen) atoms. The summed E-state index contributed by atoms with van der Waals surface area (Å²) in [6, 6.07) is 6.20. The van der Waals surface area contributed by atoms with Crippen LogP contribution in [0, 0.1) is 6.92 Å². The Kier molecular flexibility index (Phi) is 5.18. The van der Waals surface area contributed by atoms with Crippen molar-refractivity contribution in [2.75, 3.05) is 5.32 Å². The summed E-state index contributed by atoms with van der Waals surface area (Å²) in [6.45, 7) is 1.73. The Balaban J connectivity index is 2.04. The van der Waals surface area contributed by atoms with Gasteiger partial charge in [-0.25, -0.2) is 0 Å². The molecule has 0 unspecified atom stereocenters. The third-order valence-corrected chi connectivity index (χ3v) is 3.63. The van der Waals surface area contributed by atoms with Crippen LogP contribution in [-0.2, 0) is 4.79 Å². The summed E-state index contributed by atoms with van der Waals surface area (Å²) in [6.07, 6.45) is -0.345. The van der Waals surface area contributed by atoms with Crippen LogP contribution in [0.25, 0.3) is 0 Å². The number of aromatic nitrogens is 2. The van der Waals surface area contributed by atoms with Crippen LogP contribution >= 0.6 is 22.9 Å². The second-order valence-electron chi connectivity index (χ2n) is 4.23. The second-order valence-corrected chi connectivity index (χ2v) is 5.85. The number of carbonyl (C=O) groups excluding carboxylic acids is 2. The summed E-state index contributed by atoms with van der Waals surface area (Å²) in [4.78, 5) is 24.0. The topological polar surface area (TPSA) is 105 Å². The van der Waals surface area contributed by atoms with E-state index in [4.69, 9.17) is 16.8 Å². The van der Waals surface area contributed by atoms with Gasteiger partial charge in [-0.05, 0) is 31.2 Å². The molecule has 1 aromatic heterocycles. The summed E-state index contributed by atoms with van der Waals surface area (Å²) in [7, 11) is 0. The molecule has 9 heteroatoms. The molecule has 2 N–H and O–H groups in total. The first kappa shape index (κ1) is 16.1. The lowest BCUT2D eigenvalue weighted by Gasteiger charge is -2.04. The van der Waals surface area contributed by atoms with Gasteiger partial charge >= 0.3 is 0 Å². The molecule has 0 bridgehead atoms. The number of Topliss-reactive ketones (excluding diaryl/α,β-unsaturated/α-hetero) is 1. The fraction of sp³-hybridized carbons (Fsp3) is 0.154. The minimum Gasteiger partial charge on any atom is -0.410 e. The third kappa shape index (κ3) is 4.09. The van der Waals surface area contributed by atoms with Gasteiger partial charge in [0, 0.05) is 10.6 Å². The number of hydrogen-bond acceptors (Lipinski definition) is 7. The van der Waals surface area contributed by atoms with Crippen LogP contribution in [0.15, 0.2) is 29.4 Å². The number of hydrogen-bond donors (Lipinski definition) is 2. The number of oxime groups is 1. The normalized spacial score (nSPS) is 11.3. The fourth-order valence-corrected chi connectivity index (χ4v) is 2.28. The number of nitrogens with zero attached hydrogens (tertiary/aromatic N) is 3. The predicted octanol–water partition coefficient (Wildman–Crippen LogP) is 2.54. The molecule has 0 atom stereocenters. The molecule has 0 fully saturated rings. The highest BCUT2D eigenvalue weighted by molar-refractivity contribution is 7.15. The summed E-state index contributed by atoms with van der Waals surface area (Å²) in [5.74, 6) is -1.07. The van der Waals surface area contributed by atoms with Gasteiger partial charge in [-0.15, -0.1) is 10.2 Å². The summed E-state index contributed by atoms with van der Waals surface area (Å²) in [5.41, 5.74) is 0.0536. The Labute approximate surface area is 134 Å². The minimum atomic E-state index is -0.707. The number of halogens is 1. The van der Waals surface area contributed by atoms with Crippen LogP contribution in [0.1, 0.15) is 21.8 Å². The molecule has 114 valence electrons. The van der Waals surface area contributed by atoms with Crippen molar-refractivity contribution in [3.8, 4) is 0 Å². The predicted molar refractivity (Wildman–Crippen MR) is 82.9 cm³/mol. The van der Waals surface area contributed by atoms with Gasteiger partial charge in [0.25, 0.3) is 5.91 Å². The molecule has 0 radical (unpaired) electrons. The molecule has 0 saturated heterocycles. The highest BCUT2D eigenvalue weighted by atomic mass is 35.5. The van der Waals surface area contributed by atoms with Crippen LogP contribution in [0.3, 0.4) is 0 Å². The average Bonchev–Trinajstić information content (AvgIpc) is 2.90. The van der Waals surface area contributed by atoms with Crippen LogP contribution in [0.4, 0.5) is 5.13 Å². The maximum Gasteiger partial charge on any atom is 0.275 e. The van der Waals surface area contributed by atoms with Gasteiger partial charge in [-0.2, -0.15) is 0 Å². The van der Waals surface area contributed by atoms with Gasteiger partial charge in [-0.3, -0.25) is 14.9 Å². The smallest absolute Gasteiger partial charge is 0.275 e. The van der Waals surface area contributed by atoms with E-state index in [-0.39, 0.29) is 23.0 Å². The molecule has 7 nitrogen and oxygen atoms in total. The standard InChI is InChI=1S/C13H11ClN4O3S/c1-7-16-17-13(22-7)15-12(20)10(18-21)6-11(19)8-2-4-9(14)5-3-8/h2-5,21H,6H2,1H3,(H,15,17,20). The van der Waals surface area contributed by atoms with Gasteiger partial charge in [0.1, 0.15) is 5.01 Å². The molecule has 1 aromatic carbocycles. The first-order valence-electron chi connectivity index (χ1n) is 6.10. The number of benzene rings is 1. The molecule has 1 amide bonds. The SMILES string of the molecule is Cc1nnc(NC(=O)C(CC(=O)c2ccc(Cl)cc2)=NO)s1. The Morgan fingerprint density at radius 3 is 2.55 bits per heavy atom. The Bertz CT molecular complexity index is 727. The maximum atomic E-state index is 12.0. The second kappa shape index (κ2) is 7.10. The maximum absolute atomic E-state index is 12.0. The number of rotatable bonds is 5. The Morgan fingerprint density at radius 1 is 1.32 bits per heavy atom. The van der Waals surface area contributed by atoms with E-state index in [0.29, 0.717) is 15.6 Å². The van der Waals surface area contributed by atoms with Gasteiger partial charge in [0.2, 0.25) is 5.13 Å². The molecule has 2 rings (SSSR count). The van der Waals surface area contributed by atoms with E-state index < -0.39 is 5.91 Å². The number of nitrogens with one attached hydrogen (secondary N) is 1. The zero-order chi connectivity index (χ0) is 16.1. The molecule has 1 heterocycles. The molecule has 0 aliphatic heterocycles. The van der Waals surface area contributed by atoms with Gasteiger partial charge in [-0.1, -0.05) is 28.1 Å². The van der Waals surface area contributed by atoms with E-state index >= 15 is 0 Å². The average molecular weight is 339 g/mol. The van der Waals surface area contributed by atoms with Gasteiger partial charge in [0.15, 0.2) is 11.5 Å². The first-order valence-corrected chi connectivity index (χ1v) is 7.30. The van der Waals surface area contributed by atoms with Crippen LogP contribution in [-0.4, -0.2) is 32.8 Å². The molecular weight excluding hydrogens is 328 g/mol. The summed E-state index contributed by atoms with van der Waals surface area (Å²) < 4.78 is 0. The van der Waals surface area contributed by atoms with Gasteiger partial charge < -0.3 is 5.21 Å². The molecule has 2 aromatic rings. The van der Waals surface area contributed by atoms with Crippen molar-refractivity contribution >= 4 is 45.5 Å². The number of ketones is 1. The van der Waals surface area contributed by atoms with E-state index in [9.17, 15) is 9.59 Å². The van der Waals surface area contributed by atoms with Crippen LogP contribution in [0.5, 0.6) is 0 Å². The van der Waals surface area contributed by atoms with Crippen molar-refractivity contribution < 1.29 is 14.8 Å². The largest absolute Gasteiger partial charge is 0.410 e. The van der Waals surface area contributed by atoms with Crippen LogP contribution < -0.4 is 5.32 Å². The summed E-state index contributed by atoms with van der Waals surface area (Å²) in [5, 5.41) is 23.2. The third-order valence-electron chi connectivity index (χ3n) is 2.62. The fourth-order valence-electron chi connectivity index (χ4n) is 1.57. The van der Waals surface area contributed by atoms with E-state index in [1.165, 1.54) is 23.5 Å².